The summed E-state index contributed by atoms with van der Waals surface area (Å²) in [6, 6.07) is 0. The third-order valence-electron chi connectivity index (χ3n) is 10.5. The molecule has 0 saturated heterocycles. The molecule has 0 bridgehead atoms. The number of hydrogen-bond acceptors (Lipinski definition) is 6. The molecule has 0 heterocycles. The van der Waals surface area contributed by atoms with E-state index in [1.807, 2.05) is 21.1 Å². The molecule has 62 heavy (non-hydrogen) atoms. The van der Waals surface area contributed by atoms with Gasteiger partial charge in [-0.2, -0.15) is 0 Å². The minimum atomic E-state index is -4.29. The maximum absolute atomic E-state index is 12.8. The van der Waals surface area contributed by atoms with Crippen molar-refractivity contribution in [1.82, 2.24) is 0 Å². The number of carbonyl (C=O) groups is 1. The average molecular weight is 891 g/mol. The lowest BCUT2D eigenvalue weighted by Gasteiger charge is -2.24. The highest BCUT2D eigenvalue weighted by Gasteiger charge is 2.26. The molecule has 0 aromatic carbocycles. The van der Waals surface area contributed by atoms with Crippen molar-refractivity contribution in [3.05, 3.63) is 72.9 Å². The van der Waals surface area contributed by atoms with Crippen molar-refractivity contribution in [2.45, 2.75) is 206 Å². The highest BCUT2D eigenvalue weighted by atomic mass is 31.2. The molecule has 360 valence electrons. The first kappa shape index (κ1) is 59.9. The van der Waals surface area contributed by atoms with Gasteiger partial charge in [-0.3, -0.25) is 13.8 Å². The van der Waals surface area contributed by atoms with E-state index in [2.05, 4.69) is 86.8 Å². The van der Waals surface area contributed by atoms with Gasteiger partial charge in [0.15, 0.2) is 0 Å². The minimum Gasteiger partial charge on any atom is -0.457 e. The SMILES string of the molecule is CC/C=C\C/C=C\C/C=C\C/C=C\CCCCCCCCCCCCCCC(=O)OC(COCCCCCCCC/C=C\C/C=C\CCCC)COP(=O)(O)OCC[N+](C)(C)C. The second-order valence-corrected chi connectivity index (χ2v) is 19.3. The summed E-state index contributed by atoms with van der Waals surface area (Å²) in [4.78, 5) is 23.0. The van der Waals surface area contributed by atoms with Crippen molar-refractivity contribution in [2.24, 2.45) is 0 Å². The molecule has 0 aliphatic carbocycles. The molecule has 0 aliphatic heterocycles. The molecule has 1 N–H and O–H groups in total. The molecule has 8 nitrogen and oxygen atoms in total. The lowest BCUT2D eigenvalue weighted by Crippen LogP contribution is -2.37. The second kappa shape index (κ2) is 45.5. The fourth-order valence-corrected chi connectivity index (χ4v) is 7.36. The van der Waals surface area contributed by atoms with Crippen LogP contribution in [0.4, 0.5) is 0 Å². The van der Waals surface area contributed by atoms with Gasteiger partial charge in [-0.1, -0.05) is 189 Å². The third-order valence-corrected chi connectivity index (χ3v) is 11.5. The molecule has 0 spiro atoms. The molecule has 9 heteroatoms. The van der Waals surface area contributed by atoms with Crippen LogP contribution in [0.1, 0.15) is 200 Å². The molecular formula is C53H97NO7P+. The van der Waals surface area contributed by atoms with Crippen LogP contribution in [0, 0.1) is 0 Å². The zero-order valence-corrected chi connectivity index (χ0v) is 41.7. The van der Waals surface area contributed by atoms with Gasteiger partial charge in [0.05, 0.1) is 34.4 Å². The number of phosphoric ester groups is 1. The number of esters is 1. The molecule has 0 aromatic heterocycles. The van der Waals surface area contributed by atoms with Crippen molar-refractivity contribution in [3.8, 4) is 0 Å². The van der Waals surface area contributed by atoms with Crippen LogP contribution in [0.25, 0.3) is 0 Å². The Morgan fingerprint density at radius 2 is 0.935 bits per heavy atom. The van der Waals surface area contributed by atoms with E-state index in [1.54, 1.807) is 0 Å². The number of allylic oxidation sites excluding steroid dienone is 12. The number of hydrogen-bond donors (Lipinski definition) is 1. The number of nitrogens with zero attached hydrogens (tertiary/aromatic N) is 1. The van der Waals surface area contributed by atoms with Gasteiger partial charge < -0.3 is 18.9 Å². The highest BCUT2D eigenvalue weighted by molar-refractivity contribution is 7.47. The van der Waals surface area contributed by atoms with Crippen molar-refractivity contribution >= 4 is 13.8 Å². The van der Waals surface area contributed by atoms with E-state index in [0.717, 1.165) is 70.6 Å². The molecule has 0 aromatic rings. The van der Waals surface area contributed by atoms with E-state index >= 15 is 0 Å². The number of likely N-dealkylation sites (N-methyl/N-ethyl adjacent to an activating group) is 1. The van der Waals surface area contributed by atoms with Crippen molar-refractivity contribution < 1.29 is 37.3 Å². The predicted molar refractivity (Wildman–Crippen MR) is 265 cm³/mol. The number of rotatable bonds is 46. The summed E-state index contributed by atoms with van der Waals surface area (Å²) in [5.41, 5.74) is 0. The Morgan fingerprint density at radius 3 is 1.40 bits per heavy atom. The van der Waals surface area contributed by atoms with Gasteiger partial charge in [-0.05, 0) is 77.0 Å². The first-order valence-electron chi connectivity index (χ1n) is 25.2. The Morgan fingerprint density at radius 1 is 0.516 bits per heavy atom. The van der Waals surface area contributed by atoms with E-state index in [-0.39, 0.29) is 25.8 Å². The van der Waals surface area contributed by atoms with E-state index < -0.39 is 13.9 Å². The summed E-state index contributed by atoms with van der Waals surface area (Å²) in [7, 11) is 1.65. The lowest BCUT2D eigenvalue weighted by molar-refractivity contribution is -0.870. The Kier molecular flexibility index (Phi) is 44.0. The summed E-state index contributed by atoms with van der Waals surface area (Å²) in [6.45, 7) is 5.45. The van der Waals surface area contributed by atoms with Crippen molar-refractivity contribution in [2.75, 3.05) is 54.1 Å². The van der Waals surface area contributed by atoms with Crippen LogP contribution in [0.5, 0.6) is 0 Å². The number of carbonyl (C=O) groups excluding carboxylic acids is 1. The third kappa shape index (κ3) is 49.0. The van der Waals surface area contributed by atoms with Gasteiger partial charge in [0.25, 0.3) is 0 Å². The maximum atomic E-state index is 12.8. The summed E-state index contributed by atoms with van der Waals surface area (Å²) in [5.74, 6) is -0.322. The van der Waals surface area contributed by atoms with Crippen LogP contribution in [-0.2, 0) is 27.9 Å². The first-order chi connectivity index (χ1) is 30.1. The van der Waals surface area contributed by atoms with E-state index in [9.17, 15) is 14.3 Å². The van der Waals surface area contributed by atoms with Gasteiger partial charge in [-0.15, -0.1) is 0 Å². The number of ether oxygens (including phenoxy) is 2. The standard InChI is InChI=1S/C53H96NO7P/c1-6-8-10-12-14-16-18-20-22-23-24-25-26-27-28-29-30-31-32-34-36-38-40-42-44-46-53(55)61-52(51-60-62(56,57)59-49-47-54(3,4)5)50-58-48-45-43-41-39-37-35-33-21-19-17-15-13-11-9-7-2/h8,10,13-16,19-22,24-25,52H,6-7,9,11-12,17-18,23,26-51H2,1-5H3/p+1/b10-8-,15-13-,16-14-,21-19-,22-20-,25-24-. The van der Waals surface area contributed by atoms with Gasteiger partial charge in [0, 0.05) is 13.0 Å². The molecule has 0 amide bonds. The molecule has 0 saturated carbocycles. The van der Waals surface area contributed by atoms with Crippen LogP contribution >= 0.6 is 7.82 Å². The van der Waals surface area contributed by atoms with Gasteiger partial charge in [0.2, 0.25) is 0 Å². The van der Waals surface area contributed by atoms with Gasteiger partial charge >= 0.3 is 13.8 Å². The predicted octanol–water partition coefficient (Wildman–Crippen LogP) is 15.4. The van der Waals surface area contributed by atoms with Crippen LogP contribution in [-0.4, -0.2) is 75.6 Å². The molecule has 2 atom stereocenters. The Hall–Kier alpha value is -2.06. The van der Waals surface area contributed by atoms with Crippen LogP contribution in [0.3, 0.4) is 0 Å². The Bertz CT molecular complexity index is 1220. The fraction of sp³-hybridized carbons (Fsp3) is 0.755. The summed E-state index contributed by atoms with van der Waals surface area (Å²) in [5, 5.41) is 0. The van der Waals surface area contributed by atoms with Crippen molar-refractivity contribution in [3.63, 3.8) is 0 Å². The zero-order valence-electron chi connectivity index (χ0n) is 40.8. The Labute approximate surface area is 383 Å². The van der Waals surface area contributed by atoms with Crippen LogP contribution < -0.4 is 0 Å². The van der Waals surface area contributed by atoms with Gasteiger partial charge in [-0.25, -0.2) is 4.57 Å². The molecule has 0 aliphatic rings. The fourth-order valence-electron chi connectivity index (χ4n) is 6.62. The second-order valence-electron chi connectivity index (χ2n) is 17.8. The molecule has 0 rings (SSSR count). The van der Waals surface area contributed by atoms with Crippen LogP contribution in [0.15, 0.2) is 72.9 Å². The summed E-state index contributed by atoms with van der Waals surface area (Å²) < 4.78 is 35.1. The molecule has 0 radical (unpaired) electrons. The maximum Gasteiger partial charge on any atom is 0.472 e. The van der Waals surface area contributed by atoms with Crippen molar-refractivity contribution in [1.29, 1.82) is 0 Å². The van der Waals surface area contributed by atoms with E-state index in [1.165, 1.54) is 109 Å². The Balaban J connectivity index is 4.13. The van der Waals surface area contributed by atoms with Crippen LogP contribution in [0.2, 0.25) is 0 Å². The zero-order chi connectivity index (χ0) is 45.5. The minimum absolute atomic E-state index is 0.0833. The first-order valence-corrected chi connectivity index (χ1v) is 26.7. The van der Waals surface area contributed by atoms with E-state index in [0.29, 0.717) is 24.1 Å². The quantitative estimate of drug-likeness (QED) is 0.0214. The highest BCUT2D eigenvalue weighted by Crippen LogP contribution is 2.43. The molecule has 2 unspecified atom stereocenters. The smallest absolute Gasteiger partial charge is 0.457 e. The topological polar surface area (TPSA) is 91.3 Å². The average Bonchev–Trinajstić information content (AvgIpc) is 3.23. The lowest BCUT2D eigenvalue weighted by atomic mass is 10.0. The largest absolute Gasteiger partial charge is 0.472 e. The summed E-state index contributed by atoms with van der Waals surface area (Å²) >= 11 is 0. The monoisotopic (exact) mass is 891 g/mol. The van der Waals surface area contributed by atoms with Gasteiger partial charge in [0.1, 0.15) is 19.3 Å². The number of quaternary nitrogens is 1. The normalized spacial score (nSPS) is 14.2. The number of unbranched alkanes of at least 4 members (excludes halogenated alkanes) is 20. The molecule has 0 fully saturated rings. The number of phosphoric acid groups is 1. The van der Waals surface area contributed by atoms with E-state index in [4.69, 9.17) is 18.5 Å². The molecular weight excluding hydrogens is 794 g/mol. The summed E-state index contributed by atoms with van der Waals surface area (Å²) in [6.07, 6.45) is 59.4.